The van der Waals surface area contributed by atoms with Gasteiger partial charge in [0.2, 0.25) is 5.95 Å². The second-order valence-electron chi connectivity index (χ2n) is 5.21. The molecule has 3 rings (SSSR count). The fourth-order valence-electron chi connectivity index (χ4n) is 2.88. The number of hydrogen-bond acceptors (Lipinski definition) is 8. The summed E-state index contributed by atoms with van der Waals surface area (Å²) in [7, 11) is -1.13. The minimum absolute atomic E-state index is 0.0637. The second kappa shape index (κ2) is 5.14. The van der Waals surface area contributed by atoms with Crippen LogP contribution < -0.4 is 11.3 Å². The Hall–Kier alpha value is -1.79. The average molecular weight is 327 g/mol. The molecule has 0 bridgehead atoms. The number of aliphatic hydroxyl groups is 3. The number of nitrogens with one attached hydrogen (secondary N) is 1. The van der Waals surface area contributed by atoms with E-state index in [4.69, 9.17) is 10.5 Å². The van der Waals surface area contributed by atoms with Crippen molar-refractivity contribution in [3.63, 3.8) is 0 Å². The summed E-state index contributed by atoms with van der Waals surface area (Å²) in [4.78, 5) is 22.2. The highest BCUT2D eigenvalue weighted by molar-refractivity contribution is 6.37. The number of nitrogens with two attached hydrogens (primary N) is 1. The molecule has 10 nitrogen and oxygen atoms in total. The maximum absolute atomic E-state index is 11.9. The zero-order valence-electron chi connectivity index (χ0n) is 11.8. The van der Waals surface area contributed by atoms with Crippen LogP contribution in [0.5, 0.6) is 0 Å². The van der Waals surface area contributed by atoms with Gasteiger partial charge in [0.1, 0.15) is 18.3 Å². The molecule has 2 aromatic rings. The Balaban J connectivity index is 2.22. The summed E-state index contributed by atoms with van der Waals surface area (Å²) in [6.45, 7) is 1.44. The van der Waals surface area contributed by atoms with Crippen molar-refractivity contribution in [2.45, 2.75) is 30.2 Å². The fraction of sp³-hybridized carbons (Fsp3) is 0.545. The Bertz CT molecular complexity index is 763. The van der Waals surface area contributed by atoms with E-state index < -0.39 is 45.3 Å². The third kappa shape index (κ3) is 1.90. The lowest BCUT2D eigenvalue weighted by Gasteiger charge is -2.32. The largest absolute Gasteiger partial charge is 0.394 e. The van der Waals surface area contributed by atoms with Gasteiger partial charge in [0.15, 0.2) is 16.5 Å². The highest BCUT2D eigenvalue weighted by Crippen LogP contribution is 2.36. The van der Waals surface area contributed by atoms with Crippen LogP contribution in [-0.4, -0.2) is 69.3 Å². The Morgan fingerprint density at radius 1 is 1.59 bits per heavy atom. The molecule has 1 saturated heterocycles. The number of aromatic nitrogens is 4. The number of nitrogens with zero attached hydrogens (tertiary/aromatic N) is 3. The summed E-state index contributed by atoms with van der Waals surface area (Å²) in [6, 6.07) is 0. The first-order valence-corrected chi connectivity index (χ1v) is 8.95. The van der Waals surface area contributed by atoms with E-state index in [0.29, 0.717) is 0 Å². The Morgan fingerprint density at radius 2 is 2.32 bits per heavy atom. The van der Waals surface area contributed by atoms with Gasteiger partial charge in [-0.05, 0) is 0 Å². The highest BCUT2D eigenvalue weighted by Gasteiger charge is 2.54. The molecule has 1 aliphatic rings. The Kier molecular flexibility index (Phi) is 3.53. The van der Waals surface area contributed by atoms with E-state index in [0.717, 1.165) is 0 Å². The van der Waals surface area contributed by atoms with Crippen LogP contribution in [-0.2, 0) is 10.1 Å². The third-order valence-corrected chi connectivity index (χ3v) is 5.98. The molecule has 2 aromatic heterocycles. The summed E-state index contributed by atoms with van der Waals surface area (Å²) < 4.78 is 7.18. The summed E-state index contributed by atoms with van der Waals surface area (Å²) in [5.41, 5.74) is 5.29. The maximum Gasteiger partial charge on any atom is 0.280 e. The third-order valence-electron chi connectivity index (χ3n) is 4.04. The molecular weight excluding hydrogens is 310 g/mol. The number of aromatic amines is 1. The monoisotopic (exact) mass is 327 g/mol. The fourth-order valence-corrected chi connectivity index (χ4v) is 4.50. The van der Waals surface area contributed by atoms with Gasteiger partial charge in [-0.3, -0.25) is 14.3 Å². The quantitative estimate of drug-likeness (QED) is 0.365. The Morgan fingerprint density at radius 3 is 2.91 bits per heavy atom. The molecule has 0 unspecified atom stereocenters. The SMILES string of the molecule is C[SiH2][C@@]1(n2cnc3c(=O)[nH]c(N)nc32)O[C@H](CO)[C@@H](O)[C@H]1O. The highest BCUT2D eigenvalue weighted by atomic mass is 28.2. The van der Waals surface area contributed by atoms with E-state index in [1.807, 2.05) is 6.55 Å². The predicted octanol–water partition coefficient (Wildman–Crippen LogP) is -3.36. The zero-order chi connectivity index (χ0) is 16.1. The lowest BCUT2D eigenvalue weighted by atomic mass is 10.1. The van der Waals surface area contributed by atoms with Gasteiger partial charge in [-0.15, -0.1) is 0 Å². The number of nitrogen functional groups attached to an aromatic ring is 1. The van der Waals surface area contributed by atoms with E-state index >= 15 is 0 Å². The van der Waals surface area contributed by atoms with Gasteiger partial charge < -0.3 is 25.8 Å². The molecule has 4 atom stereocenters. The van der Waals surface area contributed by atoms with Crippen molar-refractivity contribution in [2.24, 2.45) is 0 Å². The van der Waals surface area contributed by atoms with Crippen molar-refractivity contribution in [1.29, 1.82) is 0 Å². The first-order chi connectivity index (χ1) is 10.4. The van der Waals surface area contributed by atoms with Gasteiger partial charge in [-0.25, -0.2) is 4.98 Å². The van der Waals surface area contributed by atoms with Crippen LogP contribution in [0.2, 0.25) is 6.55 Å². The van der Waals surface area contributed by atoms with E-state index in [1.165, 1.54) is 10.9 Å². The van der Waals surface area contributed by atoms with Crippen molar-refractivity contribution >= 4 is 26.6 Å². The first-order valence-electron chi connectivity index (χ1n) is 6.82. The molecule has 0 saturated carbocycles. The summed E-state index contributed by atoms with van der Waals surface area (Å²) in [5.74, 6) is -0.0843. The smallest absolute Gasteiger partial charge is 0.280 e. The van der Waals surface area contributed by atoms with Crippen molar-refractivity contribution in [3.05, 3.63) is 16.7 Å². The molecule has 0 aliphatic carbocycles. The van der Waals surface area contributed by atoms with Gasteiger partial charge in [-0.2, -0.15) is 4.98 Å². The lowest BCUT2D eigenvalue weighted by molar-refractivity contribution is -0.0867. The topological polar surface area (TPSA) is 160 Å². The van der Waals surface area contributed by atoms with Gasteiger partial charge in [-0.1, -0.05) is 6.55 Å². The second-order valence-corrected chi connectivity index (χ2v) is 6.93. The molecule has 6 N–H and O–H groups in total. The van der Waals surface area contributed by atoms with Crippen molar-refractivity contribution in [1.82, 2.24) is 19.5 Å². The van der Waals surface area contributed by atoms with E-state index in [-0.39, 0.29) is 17.1 Å². The van der Waals surface area contributed by atoms with Gasteiger partial charge >= 0.3 is 0 Å². The summed E-state index contributed by atoms with van der Waals surface area (Å²) in [5, 5.41) is 28.5. The van der Waals surface area contributed by atoms with Crippen molar-refractivity contribution in [3.8, 4) is 0 Å². The molecular formula is C11H17N5O5Si. The average Bonchev–Trinajstić information content (AvgIpc) is 3.01. The molecule has 11 heteroatoms. The summed E-state index contributed by atoms with van der Waals surface area (Å²) in [6.07, 6.45) is -2.09. The van der Waals surface area contributed by atoms with E-state index in [2.05, 4.69) is 15.0 Å². The normalized spacial score (nSPS) is 32.5. The lowest BCUT2D eigenvalue weighted by Crippen LogP contribution is -2.49. The van der Waals surface area contributed by atoms with Crippen LogP contribution in [0, 0.1) is 0 Å². The predicted molar refractivity (Wildman–Crippen MR) is 78.9 cm³/mol. The van der Waals surface area contributed by atoms with Crippen LogP contribution in [0.3, 0.4) is 0 Å². The van der Waals surface area contributed by atoms with Gasteiger partial charge in [0.05, 0.1) is 22.5 Å². The summed E-state index contributed by atoms with van der Waals surface area (Å²) >= 11 is 0. The number of ether oxygens (including phenoxy) is 1. The first kappa shape index (κ1) is 15.1. The van der Waals surface area contributed by atoms with Crippen molar-refractivity contribution < 1.29 is 20.1 Å². The molecule has 3 heterocycles. The van der Waals surface area contributed by atoms with E-state index in [1.54, 1.807) is 0 Å². The van der Waals surface area contributed by atoms with Crippen LogP contribution in [0.1, 0.15) is 0 Å². The molecule has 0 spiro atoms. The van der Waals surface area contributed by atoms with Crippen LogP contribution >= 0.6 is 0 Å². The molecule has 22 heavy (non-hydrogen) atoms. The van der Waals surface area contributed by atoms with Crippen LogP contribution in [0.25, 0.3) is 11.2 Å². The maximum atomic E-state index is 11.9. The molecule has 1 aliphatic heterocycles. The minimum atomic E-state index is -1.26. The number of rotatable bonds is 3. The molecule has 0 radical (unpaired) electrons. The van der Waals surface area contributed by atoms with Gasteiger partial charge in [0.25, 0.3) is 5.56 Å². The van der Waals surface area contributed by atoms with Crippen molar-refractivity contribution in [2.75, 3.05) is 12.3 Å². The molecule has 0 aromatic carbocycles. The minimum Gasteiger partial charge on any atom is -0.394 e. The standard InChI is InChI=1S/C11H17N5O5Si/c1-22-11(7(19)6(18)4(2-17)21-11)16-3-13-5-8(16)14-10(12)15-9(5)20/h3-4,6-7,17-19H,2,22H2,1H3,(H3,12,14,15,20)/t4-,6-,7-,11+/m1/s1. The number of aliphatic hydroxyl groups excluding tert-OH is 3. The number of fused-ring (bicyclic) bond motifs is 1. The van der Waals surface area contributed by atoms with Crippen LogP contribution in [0.4, 0.5) is 5.95 Å². The number of hydrogen-bond donors (Lipinski definition) is 5. The number of imidazole rings is 1. The van der Waals surface area contributed by atoms with Crippen LogP contribution in [0.15, 0.2) is 11.1 Å². The molecule has 1 fully saturated rings. The Labute approximate surface area is 126 Å². The number of H-pyrrole nitrogens is 1. The zero-order valence-corrected chi connectivity index (χ0v) is 13.2. The van der Waals surface area contributed by atoms with E-state index in [9.17, 15) is 20.1 Å². The molecule has 120 valence electrons. The number of anilines is 1. The van der Waals surface area contributed by atoms with Gasteiger partial charge in [0, 0.05) is 0 Å². The molecule has 0 amide bonds.